The first-order valence-corrected chi connectivity index (χ1v) is 8.77. The molecule has 23 heavy (non-hydrogen) atoms. The van der Waals surface area contributed by atoms with Crippen LogP contribution < -0.4 is 10.1 Å². The van der Waals surface area contributed by atoms with E-state index in [9.17, 15) is 4.79 Å². The highest BCUT2D eigenvalue weighted by molar-refractivity contribution is 9.10. The smallest absolute Gasteiger partial charge is 0.258 e. The molecule has 0 aliphatic carbocycles. The third-order valence-electron chi connectivity index (χ3n) is 3.28. The molecule has 6 heteroatoms. The Kier molecular flexibility index (Phi) is 4.93. The zero-order chi connectivity index (χ0) is 16.2. The summed E-state index contributed by atoms with van der Waals surface area (Å²) in [5.41, 5.74) is 0.872. The van der Waals surface area contributed by atoms with Crippen LogP contribution in [0.5, 0.6) is 5.75 Å². The van der Waals surface area contributed by atoms with Crippen molar-refractivity contribution in [1.29, 1.82) is 0 Å². The lowest BCUT2D eigenvalue weighted by molar-refractivity contribution is -0.123. The van der Waals surface area contributed by atoms with E-state index in [4.69, 9.17) is 4.74 Å². The van der Waals surface area contributed by atoms with Gasteiger partial charge in [0.2, 0.25) is 0 Å². The number of benzene rings is 2. The molecule has 0 saturated heterocycles. The molecule has 3 rings (SSSR count). The van der Waals surface area contributed by atoms with E-state index >= 15 is 0 Å². The predicted molar refractivity (Wildman–Crippen MR) is 95.8 cm³/mol. The first-order chi connectivity index (χ1) is 11.1. The minimum Gasteiger partial charge on any atom is -0.484 e. The summed E-state index contributed by atoms with van der Waals surface area (Å²) in [6.45, 7) is 2.36. The first-order valence-electron chi connectivity index (χ1n) is 7.10. The highest BCUT2D eigenvalue weighted by Crippen LogP contribution is 2.24. The van der Waals surface area contributed by atoms with Gasteiger partial charge in [0, 0.05) is 9.85 Å². The van der Waals surface area contributed by atoms with Crippen molar-refractivity contribution in [3.8, 4) is 5.75 Å². The van der Waals surface area contributed by atoms with Crippen LogP contribution in [0.25, 0.3) is 10.8 Å². The van der Waals surface area contributed by atoms with Crippen molar-refractivity contribution in [3.05, 3.63) is 57.0 Å². The summed E-state index contributed by atoms with van der Waals surface area (Å²) >= 11 is 5.02. The van der Waals surface area contributed by atoms with Crippen molar-refractivity contribution in [2.75, 3.05) is 6.61 Å². The van der Waals surface area contributed by atoms with Crippen LogP contribution >= 0.6 is 27.3 Å². The van der Waals surface area contributed by atoms with E-state index in [1.165, 1.54) is 0 Å². The molecule has 1 heterocycles. The second-order valence-electron chi connectivity index (χ2n) is 5.08. The molecule has 0 radical (unpaired) electrons. The Labute approximate surface area is 146 Å². The van der Waals surface area contributed by atoms with Gasteiger partial charge < -0.3 is 10.1 Å². The zero-order valence-electron chi connectivity index (χ0n) is 12.5. The molecule has 0 bridgehead atoms. The molecule has 118 valence electrons. The molecule has 1 aromatic heterocycles. The van der Waals surface area contributed by atoms with Crippen LogP contribution in [0.1, 0.15) is 10.7 Å². The lowest BCUT2D eigenvalue weighted by Gasteiger charge is -2.08. The summed E-state index contributed by atoms with van der Waals surface area (Å²) in [6, 6.07) is 11.8. The van der Waals surface area contributed by atoms with Crippen LogP contribution in [-0.4, -0.2) is 17.5 Å². The zero-order valence-corrected chi connectivity index (χ0v) is 14.9. The number of nitrogens with zero attached hydrogens (tertiary/aromatic N) is 1. The highest BCUT2D eigenvalue weighted by Gasteiger charge is 2.05. The first kappa shape index (κ1) is 16.0. The summed E-state index contributed by atoms with van der Waals surface area (Å²) < 4.78 is 6.60. The lowest BCUT2D eigenvalue weighted by Crippen LogP contribution is -2.28. The van der Waals surface area contributed by atoms with E-state index in [2.05, 4.69) is 26.2 Å². The van der Waals surface area contributed by atoms with Crippen molar-refractivity contribution in [3.63, 3.8) is 0 Å². The number of nitrogens with one attached hydrogen (secondary N) is 1. The van der Waals surface area contributed by atoms with E-state index in [-0.39, 0.29) is 12.5 Å². The second-order valence-corrected chi connectivity index (χ2v) is 7.05. The van der Waals surface area contributed by atoms with E-state index in [0.717, 1.165) is 25.9 Å². The van der Waals surface area contributed by atoms with Crippen LogP contribution in [0.3, 0.4) is 0 Å². The number of rotatable bonds is 5. The largest absolute Gasteiger partial charge is 0.484 e. The maximum absolute atomic E-state index is 11.8. The minimum absolute atomic E-state index is 0.00878. The van der Waals surface area contributed by atoms with Crippen molar-refractivity contribution >= 4 is 43.9 Å². The second kappa shape index (κ2) is 7.10. The van der Waals surface area contributed by atoms with Gasteiger partial charge in [0.05, 0.1) is 17.2 Å². The molecule has 0 unspecified atom stereocenters. The SMILES string of the molecule is Cc1nc(CNC(=O)COc2ccc3cc(Br)ccc3c2)cs1. The molecular weight excluding hydrogens is 376 g/mol. The Bertz CT molecular complexity index is 847. The number of thiazole rings is 1. The molecule has 0 spiro atoms. The molecule has 0 saturated carbocycles. The maximum atomic E-state index is 11.8. The number of aromatic nitrogens is 1. The Morgan fingerprint density at radius 3 is 2.83 bits per heavy atom. The number of amides is 1. The quantitative estimate of drug-likeness (QED) is 0.714. The van der Waals surface area contributed by atoms with Gasteiger partial charge in [-0.1, -0.05) is 28.1 Å². The van der Waals surface area contributed by atoms with Crippen molar-refractivity contribution in [2.45, 2.75) is 13.5 Å². The van der Waals surface area contributed by atoms with Gasteiger partial charge in [0.1, 0.15) is 5.75 Å². The standard InChI is InChI=1S/C17H15BrN2O2S/c1-11-20-15(10-23-11)8-19-17(21)9-22-16-5-3-12-6-14(18)4-2-13(12)7-16/h2-7,10H,8-9H2,1H3,(H,19,21). The van der Waals surface area contributed by atoms with Gasteiger partial charge in [-0.05, 0) is 42.0 Å². The third-order valence-corrected chi connectivity index (χ3v) is 4.59. The number of carbonyl (C=O) groups is 1. The van der Waals surface area contributed by atoms with Crippen molar-refractivity contribution < 1.29 is 9.53 Å². The fraction of sp³-hybridized carbons (Fsp3) is 0.176. The van der Waals surface area contributed by atoms with Gasteiger partial charge in [-0.25, -0.2) is 4.98 Å². The Balaban J connectivity index is 1.55. The summed E-state index contributed by atoms with van der Waals surface area (Å²) in [4.78, 5) is 16.1. The predicted octanol–water partition coefficient (Wildman–Crippen LogP) is 4.06. The number of hydrogen-bond acceptors (Lipinski definition) is 4. The molecule has 0 aliphatic heterocycles. The van der Waals surface area contributed by atoms with Crippen LogP contribution in [0, 0.1) is 6.92 Å². The molecule has 2 aromatic carbocycles. The summed E-state index contributed by atoms with van der Waals surface area (Å²) in [5, 5.41) is 7.93. The molecular formula is C17H15BrN2O2S. The normalized spacial score (nSPS) is 10.7. The Morgan fingerprint density at radius 1 is 1.26 bits per heavy atom. The average Bonchev–Trinajstić information content (AvgIpc) is 2.96. The monoisotopic (exact) mass is 390 g/mol. The number of hydrogen-bond donors (Lipinski definition) is 1. The molecule has 1 amide bonds. The van der Waals surface area contributed by atoms with Gasteiger partial charge in [0.25, 0.3) is 5.91 Å². The number of fused-ring (bicyclic) bond motifs is 1. The van der Waals surface area contributed by atoms with E-state index in [0.29, 0.717) is 12.3 Å². The topological polar surface area (TPSA) is 51.2 Å². The van der Waals surface area contributed by atoms with Gasteiger partial charge in [0.15, 0.2) is 6.61 Å². The fourth-order valence-electron chi connectivity index (χ4n) is 2.16. The Morgan fingerprint density at radius 2 is 2.04 bits per heavy atom. The van der Waals surface area contributed by atoms with Crippen LogP contribution in [0.15, 0.2) is 46.3 Å². The molecule has 4 nitrogen and oxygen atoms in total. The number of carbonyl (C=O) groups excluding carboxylic acids is 1. The molecule has 1 N–H and O–H groups in total. The van der Waals surface area contributed by atoms with E-state index in [1.54, 1.807) is 11.3 Å². The number of halogens is 1. The molecule has 3 aromatic rings. The Hall–Kier alpha value is -1.92. The maximum Gasteiger partial charge on any atom is 0.258 e. The fourth-order valence-corrected chi connectivity index (χ4v) is 3.15. The summed E-state index contributed by atoms with van der Waals surface area (Å²) in [7, 11) is 0. The lowest BCUT2D eigenvalue weighted by atomic mass is 10.1. The minimum atomic E-state index is -0.161. The van der Waals surface area contributed by atoms with Crippen molar-refractivity contribution in [2.24, 2.45) is 0 Å². The van der Waals surface area contributed by atoms with Gasteiger partial charge in [-0.3, -0.25) is 4.79 Å². The van der Waals surface area contributed by atoms with E-state index in [1.807, 2.05) is 48.7 Å². The molecule has 0 aliphatic rings. The number of ether oxygens (including phenoxy) is 1. The van der Waals surface area contributed by atoms with Gasteiger partial charge in [-0.15, -0.1) is 11.3 Å². The molecule has 0 atom stereocenters. The van der Waals surface area contributed by atoms with Crippen LogP contribution in [0.2, 0.25) is 0 Å². The van der Waals surface area contributed by atoms with Crippen molar-refractivity contribution in [1.82, 2.24) is 10.3 Å². The van der Waals surface area contributed by atoms with Gasteiger partial charge in [-0.2, -0.15) is 0 Å². The summed E-state index contributed by atoms with van der Waals surface area (Å²) in [5.74, 6) is 0.519. The van der Waals surface area contributed by atoms with Crippen LogP contribution in [0.4, 0.5) is 0 Å². The highest BCUT2D eigenvalue weighted by atomic mass is 79.9. The van der Waals surface area contributed by atoms with E-state index < -0.39 is 0 Å². The molecule has 0 fully saturated rings. The number of aryl methyl sites for hydroxylation is 1. The summed E-state index contributed by atoms with van der Waals surface area (Å²) in [6.07, 6.45) is 0. The average molecular weight is 391 g/mol. The van der Waals surface area contributed by atoms with Crippen LogP contribution in [-0.2, 0) is 11.3 Å². The third kappa shape index (κ3) is 4.30. The van der Waals surface area contributed by atoms with Gasteiger partial charge >= 0.3 is 0 Å².